The summed E-state index contributed by atoms with van der Waals surface area (Å²) in [7, 11) is 0. The Morgan fingerprint density at radius 1 is 0.654 bits per heavy atom. The second-order valence-electron chi connectivity index (χ2n) is 11.3. The third kappa shape index (κ3) is 45.1. The highest BCUT2D eigenvalue weighted by Gasteiger charge is 2.24. The summed E-state index contributed by atoms with van der Waals surface area (Å²) in [5.74, 6) is -1.43. The highest BCUT2D eigenvalue weighted by Crippen LogP contribution is 2.17. The molecule has 0 spiro atoms. The van der Waals surface area contributed by atoms with Crippen molar-refractivity contribution in [3.63, 3.8) is 0 Å². The first-order valence-corrected chi connectivity index (χ1v) is 16.5. The van der Waals surface area contributed by atoms with Crippen molar-refractivity contribution in [2.24, 2.45) is 11.8 Å². The lowest BCUT2D eigenvalue weighted by Gasteiger charge is -2.20. The number of ether oxygens (including phenoxy) is 6. The van der Waals surface area contributed by atoms with E-state index in [0.29, 0.717) is 39.3 Å². The van der Waals surface area contributed by atoms with Gasteiger partial charge < -0.3 is 49.3 Å². The molecule has 0 rings (SSSR count). The lowest BCUT2D eigenvalue weighted by molar-refractivity contribution is -0.150. The second kappa shape index (κ2) is 44.3. The Balaban J connectivity index is -0.000000128. The van der Waals surface area contributed by atoms with Gasteiger partial charge in [0, 0.05) is 24.1 Å². The number of aliphatic hydroxyl groups is 2. The van der Waals surface area contributed by atoms with Gasteiger partial charge in [0.15, 0.2) is 0 Å². The summed E-state index contributed by atoms with van der Waals surface area (Å²) in [6.07, 6.45) is 3.33. The smallest absolute Gasteiger partial charge is 0.330 e. The fraction of sp³-hybridized carbons (Fsp3) is 0.789. The molecule has 0 aliphatic rings. The molecule has 0 heterocycles. The summed E-state index contributed by atoms with van der Waals surface area (Å²) in [6.45, 7) is 23.9. The van der Waals surface area contributed by atoms with E-state index in [1.807, 2.05) is 48.5 Å². The van der Waals surface area contributed by atoms with E-state index in [2.05, 4.69) is 23.8 Å². The van der Waals surface area contributed by atoms with Gasteiger partial charge in [-0.15, -0.1) is 0 Å². The minimum atomic E-state index is -0.455. The van der Waals surface area contributed by atoms with Crippen LogP contribution in [0.25, 0.3) is 0 Å². The number of carbonyl (C=O) groups is 4. The normalized spacial score (nSPS) is 12.0. The van der Waals surface area contributed by atoms with Gasteiger partial charge in [-0.25, -0.2) is 4.79 Å². The molecule has 0 aromatic carbocycles. The van der Waals surface area contributed by atoms with E-state index in [1.165, 1.54) is 6.08 Å². The van der Waals surface area contributed by atoms with Crippen LogP contribution >= 0.6 is 0 Å². The fourth-order valence-corrected chi connectivity index (χ4v) is 3.43. The molecule has 2 amide bonds. The average molecular weight is 757 g/mol. The number of hydrogen-bond donors (Lipinski definition) is 4. The maximum Gasteiger partial charge on any atom is 0.330 e. The topological polar surface area (TPSA) is 188 Å². The van der Waals surface area contributed by atoms with Crippen LogP contribution in [0.3, 0.4) is 0 Å². The number of amides is 2. The Hall–Kier alpha value is -2.88. The van der Waals surface area contributed by atoms with Crippen molar-refractivity contribution in [2.75, 3.05) is 66.1 Å². The van der Waals surface area contributed by atoms with E-state index < -0.39 is 5.97 Å². The Bertz CT molecular complexity index is 856. The second-order valence-corrected chi connectivity index (χ2v) is 11.3. The number of esters is 2. The molecule has 314 valence electrons. The van der Waals surface area contributed by atoms with Gasteiger partial charge in [-0.1, -0.05) is 56.7 Å². The monoisotopic (exact) mass is 757 g/mol. The summed E-state index contributed by atoms with van der Waals surface area (Å²) in [6, 6.07) is 0.296. The third-order valence-electron chi connectivity index (χ3n) is 5.75. The van der Waals surface area contributed by atoms with Crippen molar-refractivity contribution in [3.8, 4) is 0 Å². The first-order chi connectivity index (χ1) is 22.7. The highest BCUT2D eigenvalue weighted by molar-refractivity contribution is 5.87. The van der Waals surface area contributed by atoms with Crippen LogP contribution in [0.1, 0.15) is 97.9 Å². The molecule has 0 fully saturated rings. The molecule has 4 atom stereocenters. The van der Waals surface area contributed by atoms with Crippen LogP contribution in [0.4, 0.5) is 0 Å². The van der Waals surface area contributed by atoms with Crippen LogP contribution in [-0.4, -0.2) is 124 Å². The summed E-state index contributed by atoms with van der Waals surface area (Å²) in [5, 5.41) is 22.6. The van der Waals surface area contributed by atoms with Crippen LogP contribution in [0.15, 0.2) is 25.3 Å². The Morgan fingerprint density at radius 2 is 1.10 bits per heavy atom. The predicted molar refractivity (Wildman–Crippen MR) is 210 cm³/mol. The zero-order valence-corrected chi connectivity index (χ0v) is 30.5. The molecule has 0 bridgehead atoms. The van der Waals surface area contributed by atoms with E-state index in [1.54, 1.807) is 6.92 Å². The number of nitrogens with one attached hydrogen (secondary N) is 2. The molecule has 0 aliphatic heterocycles. The van der Waals surface area contributed by atoms with Gasteiger partial charge in [-0.05, 0) is 60.5 Å². The van der Waals surface area contributed by atoms with Crippen molar-refractivity contribution in [2.45, 2.75) is 122 Å². The zero-order chi connectivity index (χ0) is 37.3. The van der Waals surface area contributed by atoms with Crippen molar-refractivity contribution < 1.29 is 57.8 Å². The minimum absolute atomic E-state index is 0. The van der Waals surface area contributed by atoms with E-state index in [9.17, 15) is 19.2 Å². The molecular weight excluding hydrogens is 676 g/mol. The lowest BCUT2D eigenvalue weighted by atomic mass is 9.92. The van der Waals surface area contributed by atoms with Crippen LogP contribution < -0.4 is 10.6 Å². The predicted octanol–water partition coefficient (Wildman–Crippen LogP) is 4.89. The number of rotatable bonds is 25. The molecule has 14 nitrogen and oxygen atoms in total. The first kappa shape index (κ1) is 64.1. The molecule has 0 aromatic heterocycles. The van der Waals surface area contributed by atoms with Crippen molar-refractivity contribution >= 4 is 23.8 Å². The third-order valence-corrected chi connectivity index (χ3v) is 5.75. The molecule has 0 aliphatic carbocycles. The van der Waals surface area contributed by atoms with Crippen LogP contribution in [0.2, 0.25) is 0 Å². The lowest BCUT2D eigenvalue weighted by Crippen LogP contribution is -2.36. The van der Waals surface area contributed by atoms with Gasteiger partial charge >= 0.3 is 11.9 Å². The van der Waals surface area contributed by atoms with Gasteiger partial charge in [0.2, 0.25) is 11.8 Å². The van der Waals surface area contributed by atoms with E-state index in [0.717, 1.165) is 6.08 Å². The summed E-state index contributed by atoms with van der Waals surface area (Å²) >= 11 is 0. The standard InChI is InChI=1S/C18H35NO6.C10H18O5.C6H11NO.4CH4/c1-6-16(17(21)19-13(2)3)11-14(4)18(22)25-10-9-23-12-15(5)24-8-7-20;1-3-10(12)15-7-6-13-8-9(2)14-5-4-11;1-4-6(8)7-5(2)3;;;;/h13-16,20H,6-12H2,1-5H3,(H,19,21);3,9,11H,1,4-8H2,2H3;4-5H,1H2,2-3H3,(H,7,8);4*1H4. The average Bonchev–Trinajstić information content (AvgIpc) is 3.04. The van der Waals surface area contributed by atoms with E-state index in [-0.39, 0.29) is 123 Å². The largest absolute Gasteiger partial charge is 0.463 e. The highest BCUT2D eigenvalue weighted by atomic mass is 16.6. The molecule has 0 saturated carbocycles. The first-order valence-electron chi connectivity index (χ1n) is 16.5. The van der Waals surface area contributed by atoms with Gasteiger partial charge in [-0.2, -0.15) is 0 Å². The van der Waals surface area contributed by atoms with Crippen LogP contribution in [0, 0.1) is 11.8 Å². The van der Waals surface area contributed by atoms with Crippen LogP contribution in [0.5, 0.6) is 0 Å². The van der Waals surface area contributed by atoms with Crippen LogP contribution in [-0.2, 0) is 47.6 Å². The fourth-order valence-electron chi connectivity index (χ4n) is 3.43. The SMILES string of the molecule is C.C.C.C.C=CC(=O)NC(C)C.C=CC(=O)OCCOCC(C)OCCO.CCC(CC(C)C(=O)OCCOCC(C)OCCO)C(=O)NC(C)C. The molecular formula is C38H80N2O12. The molecule has 0 saturated heterocycles. The van der Waals surface area contributed by atoms with Gasteiger partial charge in [0.05, 0.1) is 71.0 Å². The quantitative estimate of drug-likeness (QED) is 0.0562. The Kier molecular flexibility index (Phi) is 54.6. The van der Waals surface area contributed by atoms with Gasteiger partial charge in [0.25, 0.3) is 0 Å². The molecule has 4 unspecified atom stereocenters. The maximum atomic E-state index is 12.1. The summed E-state index contributed by atoms with van der Waals surface area (Å²) in [5.41, 5.74) is 0. The van der Waals surface area contributed by atoms with E-state index >= 15 is 0 Å². The minimum Gasteiger partial charge on any atom is -0.463 e. The maximum absolute atomic E-state index is 12.1. The number of carbonyl (C=O) groups excluding carboxylic acids is 4. The number of aliphatic hydroxyl groups excluding tert-OH is 2. The van der Waals surface area contributed by atoms with Gasteiger partial charge in [-0.3, -0.25) is 14.4 Å². The van der Waals surface area contributed by atoms with Crippen molar-refractivity contribution in [1.29, 1.82) is 0 Å². The molecule has 14 heteroatoms. The van der Waals surface area contributed by atoms with Crippen molar-refractivity contribution in [3.05, 3.63) is 25.3 Å². The summed E-state index contributed by atoms with van der Waals surface area (Å²) < 4.78 is 30.8. The summed E-state index contributed by atoms with van der Waals surface area (Å²) in [4.78, 5) is 45.1. The molecule has 0 radical (unpaired) electrons. The Morgan fingerprint density at radius 3 is 1.44 bits per heavy atom. The molecule has 0 aromatic rings. The Labute approximate surface area is 317 Å². The number of hydrogen-bond acceptors (Lipinski definition) is 12. The van der Waals surface area contributed by atoms with Crippen molar-refractivity contribution in [1.82, 2.24) is 10.6 Å². The van der Waals surface area contributed by atoms with Gasteiger partial charge in [0.1, 0.15) is 13.2 Å². The van der Waals surface area contributed by atoms with E-state index in [4.69, 9.17) is 38.6 Å². The zero-order valence-electron chi connectivity index (χ0n) is 30.5. The molecule has 4 N–H and O–H groups in total. The molecule has 52 heavy (non-hydrogen) atoms.